The zero-order valence-corrected chi connectivity index (χ0v) is 7.61. The zero-order valence-electron chi connectivity index (χ0n) is 6.86. The summed E-state index contributed by atoms with van der Waals surface area (Å²) in [6, 6.07) is 2.72. The highest BCUT2D eigenvalue weighted by atomic mass is 35.5. The Morgan fingerprint density at radius 3 is 2.27 bits per heavy atom. The highest BCUT2D eigenvalue weighted by Crippen LogP contribution is 2.07. The van der Waals surface area contributed by atoms with Gasteiger partial charge in [-0.3, -0.25) is 0 Å². The van der Waals surface area contributed by atoms with Crippen LogP contribution in [0.3, 0.4) is 0 Å². The molecule has 0 saturated heterocycles. The van der Waals surface area contributed by atoms with Gasteiger partial charge in [-0.25, -0.2) is 9.37 Å². The molecule has 0 unspecified atom stereocenters. The molecule has 1 aromatic rings. The number of pyridine rings is 1. The molecule has 0 aliphatic heterocycles. The number of hydrogen-bond donors (Lipinski definition) is 0. The summed E-state index contributed by atoms with van der Waals surface area (Å²) in [5, 5.41) is 0.328. The van der Waals surface area contributed by atoms with Gasteiger partial charge in [0.25, 0.3) is 0 Å². The predicted octanol–water partition coefficient (Wildman–Crippen LogP) is 3.21. The summed E-state index contributed by atoms with van der Waals surface area (Å²) < 4.78 is 12.4. The van der Waals surface area contributed by atoms with E-state index in [4.69, 9.17) is 11.6 Å². The topological polar surface area (TPSA) is 12.9 Å². The highest BCUT2D eigenvalue weighted by Gasteiger charge is 1.96. The fourth-order valence-electron chi connectivity index (χ4n) is 0.513. The van der Waals surface area contributed by atoms with Crippen LogP contribution in [0.4, 0.5) is 4.39 Å². The van der Waals surface area contributed by atoms with Crippen molar-refractivity contribution in [2.75, 3.05) is 0 Å². The van der Waals surface area contributed by atoms with Crippen LogP contribution in [0, 0.1) is 12.7 Å². The Labute approximate surface area is 71.2 Å². The van der Waals surface area contributed by atoms with E-state index in [1.54, 1.807) is 6.92 Å². The number of nitrogens with zero attached hydrogens (tertiary/aromatic N) is 1. The number of halogens is 2. The highest BCUT2D eigenvalue weighted by molar-refractivity contribution is 6.29. The fraction of sp³-hybridized carbons (Fsp3) is 0.375. The van der Waals surface area contributed by atoms with Crippen LogP contribution in [0.15, 0.2) is 12.1 Å². The Bertz CT molecular complexity index is 225. The molecule has 0 radical (unpaired) electrons. The Hall–Kier alpha value is -0.630. The minimum Gasteiger partial charge on any atom is -0.238 e. The lowest BCUT2D eigenvalue weighted by molar-refractivity contribution is 0.610. The van der Waals surface area contributed by atoms with E-state index in [-0.39, 0.29) is 5.82 Å². The molecule has 1 rings (SSSR count). The summed E-state index contributed by atoms with van der Waals surface area (Å²) in [7, 11) is 0. The van der Waals surface area contributed by atoms with Gasteiger partial charge in [-0.15, -0.1) is 0 Å². The molecule has 11 heavy (non-hydrogen) atoms. The predicted molar refractivity (Wildman–Crippen MR) is 45.3 cm³/mol. The van der Waals surface area contributed by atoms with E-state index in [0.717, 1.165) is 0 Å². The second-order valence-electron chi connectivity index (χ2n) is 1.70. The molecule has 1 heterocycles. The average Bonchev–Trinajstić information content (AvgIpc) is 2.02. The molecule has 62 valence electrons. The van der Waals surface area contributed by atoms with Crippen molar-refractivity contribution in [1.82, 2.24) is 4.98 Å². The van der Waals surface area contributed by atoms with E-state index in [2.05, 4.69) is 4.98 Å². The van der Waals surface area contributed by atoms with Crippen LogP contribution >= 0.6 is 11.6 Å². The monoisotopic (exact) mass is 175 g/mol. The van der Waals surface area contributed by atoms with E-state index < -0.39 is 0 Å². The molecular formula is C8H11ClFN. The van der Waals surface area contributed by atoms with Crippen LogP contribution in [-0.2, 0) is 0 Å². The first-order chi connectivity index (χ1) is 5.20. The number of hydrogen-bond acceptors (Lipinski definition) is 1. The molecule has 0 N–H and O–H groups in total. The minimum atomic E-state index is -0.320. The van der Waals surface area contributed by atoms with Crippen molar-refractivity contribution >= 4 is 11.6 Å². The lowest BCUT2D eigenvalue weighted by Gasteiger charge is -1.92. The second-order valence-corrected chi connectivity index (χ2v) is 2.09. The molecule has 0 fully saturated rings. The maximum absolute atomic E-state index is 12.4. The van der Waals surface area contributed by atoms with E-state index in [0.29, 0.717) is 10.8 Å². The van der Waals surface area contributed by atoms with Crippen LogP contribution in [0.2, 0.25) is 5.15 Å². The van der Waals surface area contributed by atoms with Crippen molar-refractivity contribution in [2.45, 2.75) is 20.8 Å². The molecule has 0 aromatic carbocycles. The lowest BCUT2D eigenvalue weighted by atomic mass is 10.4. The van der Waals surface area contributed by atoms with Gasteiger partial charge in [0.05, 0.1) is 5.69 Å². The third-order valence-corrected chi connectivity index (χ3v) is 1.20. The van der Waals surface area contributed by atoms with Crippen molar-refractivity contribution in [3.05, 3.63) is 28.8 Å². The SMILES string of the molecule is CC.Cc1nc(Cl)ccc1F. The Kier molecular flexibility index (Phi) is 4.79. The van der Waals surface area contributed by atoms with Gasteiger partial charge < -0.3 is 0 Å². The number of rotatable bonds is 0. The van der Waals surface area contributed by atoms with Gasteiger partial charge in [-0.05, 0) is 19.1 Å². The summed E-state index contributed by atoms with van der Waals surface area (Å²) >= 11 is 5.44. The third kappa shape index (κ3) is 3.33. The van der Waals surface area contributed by atoms with E-state index in [1.165, 1.54) is 12.1 Å². The van der Waals surface area contributed by atoms with Crippen molar-refractivity contribution in [3.63, 3.8) is 0 Å². The van der Waals surface area contributed by atoms with Crippen molar-refractivity contribution < 1.29 is 4.39 Å². The Morgan fingerprint density at radius 2 is 1.91 bits per heavy atom. The maximum Gasteiger partial charge on any atom is 0.144 e. The van der Waals surface area contributed by atoms with Crippen LogP contribution in [-0.4, -0.2) is 4.98 Å². The number of aromatic nitrogens is 1. The molecule has 0 aliphatic carbocycles. The zero-order chi connectivity index (χ0) is 8.85. The first-order valence-corrected chi connectivity index (χ1v) is 3.86. The summed E-state index contributed by atoms with van der Waals surface area (Å²) in [6.45, 7) is 5.57. The van der Waals surface area contributed by atoms with Crippen LogP contribution < -0.4 is 0 Å². The molecule has 0 spiro atoms. The maximum atomic E-state index is 12.4. The third-order valence-electron chi connectivity index (χ3n) is 0.987. The smallest absolute Gasteiger partial charge is 0.144 e. The molecule has 0 amide bonds. The van der Waals surface area contributed by atoms with Crippen LogP contribution in [0.25, 0.3) is 0 Å². The van der Waals surface area contributed by atoms with Gasteiger partial charge in [-0.2, -0.15) is 0 Å². The fourth-order valence-corrected chi connectivity index (χ4v) is 0.703. The molecule has 1 aromatic heterocycles. The van der Waals surface area contributed by atoms with E-state index in [1.807, 2.05) is 13.8 Å². The molecule has 0 bridgehead atoms. The summed E-state index contributed by atoms with van der Waals surface area (Å²) in [5.41, 5.74) is 0.336. The molecule has 1 nitrogen and oxygen atoms in total. The van der Waals surface area contributed by atoms with E-state index in [9.17, 15) is 4.39 Å². The molecule has 0 aliphatic rings. The van der Waals surface area contributed by atoms with Crippen molar-refractivity contribution in [3.8, 4) is 0 Å². The van der Waals surface area contributed by atoms with Gasteiger partial charge >= 0.3 is 0 Å². The normalized spacial score (nSPS) is 8.45. The van der Waals surface area contributed by atoms with E-state index >= 15 is 0 Å². The first-order valence-electron chi connectivity index (χ1n) is 3.49. The minimum absolute atomic E-state index is 0.320. The van der Waals surface area contributed by atoms with Crippen molar-refractivity contribution in [1.29, 1.82) is 0 Å². The average molecular weight is 176 g/mol. The lowest BCUT2D eigenvalue weighted by Crippen LogP contribution is -1.85. The van der Waals surface area contributed by atoms with Crippen LogP contribution in [0.5, 0.6) is 0 Å². The van der Waals surface area contributed by atoms with Gasteiger partial charge in [0.15, 0.2) is 0 Å². The van der Waals surface area contributed by atoms with Crippen molar-refractivity contribution in [2.24, 2.45) is 0 Å². The van der Waals surface area contributed by atoms with Gasteiger partial charge in [-0.1, -0.05) is 25.4 Å². The van der Waals surface area contributed by atoms with Gasteiger partial charge in [0, 0.05) is 0 Å². The summed E-state index contributed by atoms with van der Waals surface area (Å²) in [5.74, 6) is -0.320. The largest absolute Gasteiger partial charge is 0.238 e. The Morgan fingerprint density at radius 1 is 1.36 bits per heavy atom. The number of aryl methyl sites for hydroxylation is 1. The summed E-state index contributed by atoms with van der Waals surface area (Å²) in [6.07, 6.45) is 0. The standard InChI is InChI=1S/C6H5ClFN.C2H6/c1-4-5(8)2-3-6(7)9-4;1-2/h2-3H,1H3;1-2H3. The Balaban J connectivity index is 0.000000461. The summed E-state index contributed by atoms with van der Waals surface area (Å²) in [4.78, 5) is 3.66. The molecule has 0 saturated carbocycles. The van der Waals surface area contributed by atoms with Gasteiger partial charge in [0.2, 0.25) is 0 Å². The van der Waals surface area contributed by atoms with Gasteiger partial charge in [0.1, 0.15) is 11.0 Å². The molecular weight excluding hydrogens is 165 g/mol. The first kappa shape index (κ1) is 10.4. The second kappa shape index (κ2) is 5.08. The quantitative estimate of drug-likeness (QED) is 0.552. The van der Waals surface area contributed by atoms with Crippen LogP contribution in [0.1, 0.15) is 19.5 Å². The molecule has 3 heteroatoms. The molecule has 0 atom stereocenters.